The van der Waals surface area contributed by atoms with Crippen molar-refractivity contribution in [3.8, 4) is 0 Å². The molecule has 16 heavy (non-hydrogen) atoms. The minimum Gasteiger partial charge on any atom is -0.394 e. The van der Waals surface area contributed by atoms with E-state index in [2.05, 4.69) is 5.32 Å². The van der Waals surface area contributed by atoms with Crippen LogP contribution in [0.2, 0.25) is 0 Å². The van der Waals surface area contributed by atoms with Gasteiger partial charge in [0.1, 0.15) is 0 Å². The Labute approximate surface area is 96.1 Å². The van der Waals surface area contributed by atoms with Crippen molar-refractivity contribution >= 4 is 5.91 Å². The molecule has 1 aliphatic heterocycles. The molecule has 3 unspecified atom stereocenters. The molecule has 0 aromatic rings. The average molecular weight is 231 g/mol. The number of carbonyl (C=O) groups excluding carboxylic acids is 1. The summed E-state index contributed by atoms with van der Waals surface area (Å²) in [5.74, 6) is -0.128. The molecule has 1 saturated heterocycles. The minimum absolute atomic E-state index is 0.0156. The fourth-order valence-corrected chi connectivity index (χ4v) is 2.00. The number of methoxy groups -OCH3 is 1. The van der Waals surface area contributed by atoms with E-state index >= 15 is 0 Å². The first kappa shape index (κ1) is 13.4. The van der Waals surface area contributed by atoms with Crippen LogP contribution in [-0.2, 0) is 14.3 Å². The number of aliphatic hydroxyl groups is 1. The summed E-state index contributed by atoms with van der Waals surface area (Å²) in [6, 6.07) is -0.324. The molecule has 94 valence electrons. The molecular weight excluding hydrogens is 210 g/mol. The molecule has 0 aliphatic carbocycles. The van der Waals surface area contributed by atoms with Crippen molar-refractivity contribution < 1.29 is 19.4 Å². The van der Waals surface area contributed by atoms with Crippen LogP contribution in [0.3, 0.4) is 0 Å². The van der Waals surface area contributed by atoms with Crippen molar-refractivity contribution in [2.45, 2.75) is 31.9 Å². The van der Waals surface area contributed by atoms with E-state index < -0.39 is 0 Å². The molecule has 0 spiro atoms. The average Bonchev–Trinajstić information content (AvgIpc) is 2.76. The van der Waals surface area contributed by atoms with E-state index in [0.29, 0.717) is 13.2 Å². The number of nitrogens with one attached hydrogen (secondary N) is 1. The van der Waals surface area contributed by atoms with Crippen LogP contribution in [0.15, 0.2) is 0 Å². The Morgan fingerprint density at radius 1 is 1.69 bits per heavy atom. The Bertz CT molecular complexity index is 222. The summed E-state index contributed by atoms with van der Waals surface area (Å²) < 4.78 is 10.4. The van der Waals surface area contributed by atoms with Gasteiger partial charge in [0, 0.05) is 13.7 Å². The molecule has 0 aromatic heterocycles. The maximum atomic E-state index is 11.9. The van der Waals surface area contributed by atoms with Crippen LogP contribution in [0, 0.1) is 5.92 Å². The van der Waals surface area contributed by atoms with Gasteiger partial charge in [0.2, 0.25) is 5.91 Å². The van der Waals surface area contributed by atoms with Gasteiger partial charge in [-0.1, -0.05) is 6.92 Å². The SMILES string of the molecule is CCC1OCCC1C(=O)NC(CO)COC. The summed E-state index contributed by atoms with van der Waals surface area (Å²) in [6.45, 7) is 2.87. The zero-order valence-corrected chi connectivity index (χ0v) is 9.94. The van der Waals surface area contributed by atoms with Gasteiger partial charge in [-0.2, -0.15) is 0 Å². The summed E-state index contributed by atoms with van der Waals surface area (Å²) in [4.78, 5) is 11.9. The fourth-order valence-electron chi connectivity index (χ4n) is 2.00. The number of aliphatic hydroxyl groups excluding tert-OH is 1. The Kier molecular flexibility index (Phi) is 5.73. The summed E-state index contributed by atoms with van der Waals surface area (Å²) >= 11 is 0. The highest BCUT2D eigenvalue weighted by atomic mass is 16.5. The maximum absolute atomic E-state index is 11.9. The zero-order valence-electron chi connectivity index (χ0n) is 9.94. The molecule has 0 radical (unpaired) electrons. The third-order valence-corrected chi connectivity index (χ3v) is 2.88. The van der Waals surface area contributed by atoms with E-state index in [0.717, 1.165) is 12.8 Å². The second-order valence-corrected chi connectivity index (χ2v) is 4.06. The molecule has 1 amide bonds. The number of amides is 1. The summed E-state index contributed by atoms with van der Waals surface area (Å²) in [5, 5.41) is 11.8. The van der Waals surface area contributed by atoms with Gasteiger partial charge in [-0.25, -0.2) is 0 Å². The number of hydrogen-bond donors (Lipinski definition) is 2. The molecule has 5 nitrogen and oxygen atoms in total. The van der Waals surface area contributed by atoms with Crippen molar-refractivity contribution in [1.82, 2.24) is 5.32 Å². The summed E-state index contributed by atoms with van der Waals surface area (Å²) in [6.07, 6.45) is 1.61. The Balaban J connectivity index is 2.43. The number of ether oxygens (including phenoxy) is 2. The molecule has 2 N–H and O–H groups in total. The van der Waals surface area contributed by atoms with Gasteiger partial charge < -0.3 is 19.9 Å². The molecule has 1 rings (SSSR count). The quantitative estimate of drug-likeness (QED) is 0.671. The molecule has 0 saturated carbocycles. The smallest absolute Gasteiger partial charge is 0.226 e. The Morgan fingerprint density at radius 3 is 3.00 bits per heavy atom. The van der Waals surface area contributed by atoms with Crippen LogP contribution < -0.4 is 5.32 Å². The maximum Gasteiger partial charge on any atom is 0.226 e. The number of carbonyl (C=O) groups is 1. The van der Waals surface area contributed by atoms with Gasteiger partial charge in [-0.3, -0.25) is 4.79 Å². The second-order valence-electron chi connectivity index (χ2n) is 4.06. The molecule has 1 heterocycles. The summed E-state index contributed by atoms with van der Waals surface area (Å²) in [5.41, 5.74) is 0. The highest BCUT2D eigenvalue weighted by Gasteiger charge is 2.33. The van der Waals surface area contributed by atoms with Crippen LogP contribution >= 0.6 is 0 Å². The lowest BCUT2D eigenvalue weighted by atomic mass is 9.98. The molecule has 0 bridgehead atoms. The van der Waals surface area contributed by atoms with Crippen molar-refractivity contribution in [3.05, 3.63) is 0 Å². The molecule has 3 atom stereocenters. The molecule has 1 aliphatic rings. The third-order valence-electron chi connectivity index (χ3n) is 2.88. The highest BCUT2D eigenvalue weighted by Crippen LogP contribution is 2.23. The molecule has 5 heteroatoms. The van der Waals surface area contributed by atoms with Crippen molar-refractivity contribution in [2.24, 2.45) is 5.92 Å². The van der Waals surface area contributed by atoms with E-state index in [9.17, 15) is 4.79 Å². The first-order valence-corrected chi connectivity index (χ1v) is 5.74. The van der Waals surface area contributed by atoms with Gasteiger partial charge in [-0.05, 0) is 12.8 Å². The van der Waals surface area contributed by atoms with Gasteiger partial charge in [0.15, 0.2) is 0 Å². The van der Waals surface area contributed by atoms with Crippen molar-refractivity contribution in [3.63, 3.8) is 0 Å². The highest BCUT2D eigenvalue weighted by molar-refractivity contribution is 5.79. The van der Waals surface area contributed by atoms with Gasteiger partial charge in [-0.15, -0.1) is 0 Å². The second kappa shape index (κ2) is 6.83. The van der Waals surface area contributed by atoms with Crippen molar-refractivity contribution in [2.75, 3.05) is 26.9 Å². The monoisotopic (exact) mass is 231 g/mol. The number of rotatable bonds is 6. The molecule has 1 fully saturated rings. The van der Waals surface area contributed by atoms with Crippen LogP contribution in [0.1, 0.15) is 19.8 Å². The fraction of sp³-hybridized carbons (Fsp3) is 0.909. The normalized spacial score (nSPS) is 26.7. The lowest BCUT2D eigenvalue weighted by Gasteiger charge is -2.20. The van der Waals surface area contributed by atoms with Crippen LogP contribution in [-0.4, -0.2) is 50.1 Å². The lowest BCUT2D eigenvalue weighted by molar-refractivity contribution is -0.128. The Hall–Kier alpha value is -0.650. The predicted molar refractivity (Wildman–Crippen MR) is 59.0 cm³/mol. The minimum atomic E-state index is -0.324. The standard InChI is InChI=1S/C11H21NO4/c1-3-10-9(4-5-16-10)11(14)12-8(6-13)7-15-2/h8-10,13H,3-7H2,1-2H3,(H,12,14). The van der Waals surface area contributed by atoms with Crippen LogP contribution in [0.25, 0.3) is 0 Å². The van der Waals surface area contributed by atoms with E-state index in [-0.39, 0.29) is 30.6 Å². The lowest BCUT2D eigenvalue weighted by Crippen LogP contribution is -2.45. The van der Waals surface area contributed by atoms with Crippen LogP contribution in [0.5, 0.6) is 0 Å². The van der Waals surface area contributed by atoms with E-state index in [4.69, 9.17) is 14.6 Å². The topological polar surface area (TPSA) is 67.8 Å². The van der Waals surface area contributed by atoms with Gasteiger partial charge >= 0.3 is 0 Å². The zero-order chi connectivity index (χ0) is 12.0. The van der Waals surface area contributed by atoms with Gasteiger partial charge in [0.25, 0.3) is 0 Å². The van der Waals surface area contributed by atoms with E-state index in [1.54, 1.807) is 7.11 Å². The van der Waals surface area contributed by atoms with E-state index in [1.807, 2.05) is 6.92 Å². The van der Waals surface area contributed by atoms with Crippen LogP contribution in [0.4, 0.5) is 0 Å². The predicted octanol–water partition coefficient (Wildman–Crippen LogP) is -0.0750. The third kappa shape index (κ3) is 3.43. The first-order chi connectivity index (χ1) is 7.72. The molecule has 0 aromatic carbocycles. The Morgan fingerprint density at radius 2 is 2.44 bits per heavy atom. The van der Waals surface area contributed by atoms with E-state index in [1.165, 1.54) is 0 Å². The first-order valence-electron chi connectivity index (χ1n) is 5.74. The molecular formula is C11H21NO4. The van der Waals surface area contributed by atoms with Gasteiger partial charge in [0.05, 0.1) is 31.3 Å². The van der Waals surface area contributed by atoms with Crippen molar-refractivity contribution in [1.29, 1.82) is 0 Å². The number of hydrogen-bond acceptors (Lipinski definition) is 4. The largest absolute Gasteiger partial charge is 0.394 e. The summed E-state index contributed by atoms with van der Waals surface area (Å²) in [7, 11) is 1.54.